The molecule has 0 aliphatic carbocycles. The maximum atomic E-state index is 10.7. The Balaban J connectivity index is 2.35. The summed E-state index contributed by atoms with van der Waals surface area (Å²) in [4.78, 5) is 12.2. The summed E-state index contributed by atoms with van der Waals surface area (Å²) in [6.45, 7) is 1.79. The van der Waals surface area contributed by atoms with Gasteiger partial charge in [0.25, 0.3) is 5.69 Å². The number of aryl methyl sites for hydroxylation is 1. The van der Waals surface area contributed by atoms with Crippen molar-refractivity contribution in [3.63, 3.8) is 0 Å². The number of hydrogen-bond donors (Lipinski definition) is 1. The third kappa shape index (κ3) is 3.13. The average Bonchev–Trinajstić information content (AvgIpc) is 2.41. The molecule has 0 amide bonds. The van der Waals surface area contributed by atoms with Gasteiger partial charge in [0, 0.05) is 21.9 Å². The van der Waals surface area contributed by atoms with Gasteiger partial charge in [-0.2, -0.15) is 0 Å². The Labute approximate surface area is 115 Å². The SMILES string of the molecule is Cc1ccccc1Sc1ccc([N+](=O)[O-])cc1CO. The van der Waals surface area contributed by atoms with Crippen LogP contribution in [0.4, 0.5) is 5.69 Å². The van der Waals surface area contributed by atoms with Gasteiger partial charge in [-0.05, 0) is 30.2 Å². The van der Waals surface area contributed by atoms with Crippen molar-refractivity contribution in [2.45, 2.75) is 23.3 Å². The lowest BCUT2D eigenvalue weighted by Gasteiger charge is -2.08. The number of non-ortho nitro benzene ring substituents is 1. The third-order valence-corrected chi connectivity index (χ3v) is 4.03. The number of rotatable bonds is 4. The summed E-state index contributed by atoms with van der Waals surface area (Å²) in [5, 5.41) is 20.0. The average molecular weight is 275 g/mol. The number of benzene rings is 2. The highest BCUT2D eigenvalue weighted by Gasteiger charge is 2.11. The molecule has 0 heterocycles. The van der Waals surface area contributed by atoms with Gasteiger partial charge in [-0.25, -0.2) is 0 Å². The van der Waals surface area contributed by atoms with Crippen molar-refractivity contribution < 1.29 is 10.0 Å². The first-order valence-corrected chi connectivity index (χ1v) is 6.55. The van der Waals surface area contributed by atoms with Crippen LogP contribution >= 0.6 is 11.8 Å². The van der Waals surface area contributed by atoms with Crippen LogP contribution in [0.1, 0.15) is 11.1 Å². The highest BCUT2D eigenvalue weighted by molar-refractivity contribution is 7.99. The molecule has 1 N–H and O–H groups in total. The van der Waals surface area contributed by atoms with Gasteiger partial charge < -0.3 is 5.11 Å². The maximum Gasteiger partial charge on any atom is 0.269 e. The van der Waals surface area contributed by atoms with Gasteiger partial charge in [0.05, 0.1) is 11.5 Å². The Morgan fingerprint density at radius 1 is 1.21 bits per heavy atom. The Morgan fingerprint density at radius 3 is 2.58 bits per heavy atom. The smallest absolute Gasteiger partial charge is 0.269 e. The second-order valence-electron chi connectivity index (χ2n) is 4.07. The van der Waals surface area contributed by atoms with E-state index in [9.17, 15) is 15.2 Å². The third-order valence-electron chi connectivity index (χ3n) is 2.74. The Bertz CT molecular complexity index is 613. The minimum Gasteiger partial charge on any atom is -0.392 e. The van der Waals surface area contributed by atoms with E-state index in [1.165, 1.54) is 23.9 Å². The van der Waals surface area contributed by atoms with Crippen LogP contribution in [-0.4, -0.2) is 10.0 Å². The summed E-state index contributed by atoms with van der Waals surface area (Å²) in [7, 11) is 0. The first-order chi connectivity index (χ1) is 9.11. The zero-order valence-corrected chi connectivity index (χ0v) is 11.2. The molecule has 0 aromatic heterocycles. The van der Waals surface area contributed by atoms with Crippen LogP contribution in [0.3, 0.4) is 0 Å². The molecule has 0 aliphatic heterocycles. The van der Waals surface area contributed by atoms with E-state index in [2.05, 4.69) is 0 Å². The number of aliphatic hydroxyl groups is 1. The van der Waals surface area contributed by atoms with Gasteiger partial charge >= 0.3 is 0 Å². The summed E-state index contributed by atoms with van der Waals surface area (Å²) >= 11 is 1.50. The summed E-state index contributed by atoms with van der Waals surface area (Å²) in [6.07, 6.45) is 0. The molecular formula is C14H13NO3S. The number of aliphatic hydroxyl groups excluding tert-OH is 1. The van der Waals surface area contributed by atoms with E-state index in [4.69, 9.17) is 0 Å². The molecule has 2 aromatic carbocycles. The van der Waals surface area contributed by atoms with Gasteiger partial charge in [-0.15, -0.1) is 0 Å². The van der Waals surface area contributed by atoms with Gasteiger partial charge in [0.2, 0.25) is 0 Å². The molecule has 0 saturated carbocycles. The van der Waals surface area contributed by atoms with Gasteiger partial charge in [-0.1, -0.05) is 30.0 Å². The van der Waals surface area contributed by atoms with Crippen LogP contribution < -0.4 is 0 Å². The quantitative estimate of drug-likeness (QED) is 0.684. The number of nitro groups is 1. The highest BCUT2D eigenvalue weighted by Crippen LogP contribution is 2.34. The molecule has 0 aliphatic rings. The van der Waals surface area contributed by atoms with Crippen molar-refractivity contribution >= 4 is 17.4 Å². The van der Waals surface area contributed by atoms with Crippen LogP contribution in [-0.2, 0) is 6.61 Å². The lowest BCUT2D eigenvalue weighted by Crippen LogP contribution is -1.93. The molecule has 0 atom stereocenters. The van der Waals surface area contributed by atoms with Gasteiger partial charge in [-0.3, -0.25) is 10.1 Å². The number of nitrogens with zero attached hydrogens (tertiary/aromatic N) is 1. The van der Waals surface area contributed by atoms with E-state index in [1.807, 2.05) is 31.2 Å². The van der Waals surface area contributed by atoms with Crippen LogP contribution in [0.25, 0.3) is 0 Å². The lowest BCUT2D eigenvalue weighted by molar-refractivity contribution is -0.385. The Kier molecular flexibility index (Phi) is 4.19. The topological polar surface area (TPSA) is 63.4 Å². The Hall–Kier alpha value is -1.85. The lowest BCUT2D eigenvalue weighted by atomic mass is 10.2. The molecule has 5 heteroatoms. The minimum absolute atomic E-state index is 0.00168. The van der Waals surface area contributed by atoms with Crippen LogP contribution in [0.2, 0.25) is 0 Å². The van der Waals surface area contributed by atoms with Crippen LogP contribution in [0, 0.1) is 17.0 Å². The predicted molar refractivity (Wildman–Crippen MR) is 74.3 cm³/mol. The van der Waals surface area contributed by atoms with Crippen molar-refractivity contribution in [3.05, 3.63) is 63.7 Å². The number of nitro benzene ring substituents is 1. The molecule has 4 nitrogen and oxygen atoms in total. The van der Waals surface area contributed by atoms with Crippen molar-refractivity contribution in [1.82, 2.24) is 0 Å². The zero-order chi connectivity index (χ0) is 13.8. The summed E-state index contributed by atoms with van der Waals surface area (Å²) < 4.78 is 0. The van der Waals surface area contributed by atoms with E-state index in [0.29, 0.717) is 5.56 Å². The van der Waals surface area contributed by atoms with Gasteiger partial charge in [0.15, 0.2) is 0 Å². The number of hydrogen-bond acceptors (Lipinski definition) is 4. The highest BCUT2D eigenvalue weighted by atomic mass is 32.2. The molecule has 0 bridgehead atoms. The van der Waals surface area contributed by atoms with Crippen molar-refractivity contribution in [2.75, 3.05) is 0 Å². The predicted octanol–water partition coefficient (Wildman–Crippen LogP) is 3.55. The molecule has 0 unspecified atom stereocenters. The molecule has 0 saturated heterocycles. The van der Waals surface area contributed by atoms with Crippen molar-refractivity contribution in [2.24, 2.45) is 0 Å². The fourth-order valence-electron chi connectivity index (χ4n) is 1.69. The summed E-state index contributed by atoms with van der Waals surface area (Å²) in [5.41, 5.74) is 1.70. The summed E-state index contributed by atoms with van der Waals surface area (Å²) in [5.74, 6) is 0. The fourth-order valence-corrected chi connectivity index (χ4v) is 2.70. The molecule has 19 heavy (non-hydrogen) atoms. The van der Waals surface area contributed by atoms with Crippen LogP contribution in [0.5, 0.6) is 0 Å². The zero-order valence-electron chi connectivity index (χ0n) is 10.4. The molecule has 0 fully saturated rings. The largest absolute Gasteiger partial charge is 0.392 e. The first kappa shape index (κ1) is 13.6. The fraction of sp³-hybridized carbons (Fsp3) is 0.143. The monoisotopic (exact) mass is 275 g/mol. The minimum atomic E-state index is -0.457. The summed E-state index contributed by atoms with van der Waals surface area (Å²) in [6, 6.07) is 12.5. The van der Waals surface area contributed by atoms with Crippen molar-refractivity contribution in [1.29, 1.82) is 0 Å². The van der Waals surface area contributed by atoms with E-state index < -0.39 is 4.92 Å². The van der Waals surface area contributed by atoms with E-state index in [1.54, 1.807) is 6.07 Å². The molecular weight excluding hydrogens is 262 g/mol. The molecule has 2 aromatic rings. The molecule has 0 radical (unpaired) electrons. The van der Waals surface area contributed by atoms with Crippen LogP contribution in [0.15, 0.2) is 52.3 Å². The van der Waals surface area contributed by atoms with Gasteiger partial charge in [0.1, 0.15) is 0 Å². The van der Waals surface area contributed by atoms with E-state index in [-0.39, 0.29) is 12.3 Å². The molecule has 98 valence electrons. The standard InChI is InChI=1S/C14H13NO3S/c1-10-4-2-3-5-13(10)19-14-7-6-12(15(17)18)8-11(14)9-16/h2-8,16H,9H2,1H3. The Morgan fingerprint density at radius 2 is 1.95 bits per heavy atom. The normalized spacial score (nSPS) is 10.4. The second kappa shape index (κ2) is 5.86. The van der Waals surface area contributed by atoms with E-state index >= 15 is 0 Å². The maximum absolute atomic E-state index is 10.7. The first-order valence-electron chi connectivity index (χ1n) is 5.73. The molecule has 0 spiro atoms. The second-order valence-corrected chi connectivity index (χ2v) is 5.16. The van der Waals surface area contributed by atoms with Crippen molar-refractivity contribution in [3.8, 4) is 0 Å². The van der Waals surface area contributed by atoms with E-state index in [0.717, 1.165) is 15.4 Å². The molecule has 2 rings (SSSR count).